The second kappa shape index (κ2) is 5.22. The highest BCUT2D eigenvalue weighted by Crippen LogP contribution is 2.28. The fourth-order valence-electron chi connectivity index (χ4n) is 1.60. The molecule has 0 saturated heterocycles. The Hall–Kier alpha value is -1.50. The molecule has 1 atom stereocenters. The van der Waals surface area contributed by atoms with Gasteiger partial charge in [0.2, 0.25) is 0 Å². The largest absolute Gasteiger partial charge is 0.377 e. The van der Waals surface area contributed by atoms with E-state index in [0.717, 1.165) is 5.69 Å². The molecule has 1 N–H and O–H groups in total. The van der Waals surface area contributed by atoms with E-state index < -0.39 is 0 Å². The summed E-state index contributed by atoms with van der Waals surface area (Å²) in [4.78, 5) is 1.23. The summed E-state index contributed by atoms with van der Waals surface area (Å²) >= 11 is 7.67. The van der Waals surface area contributed by atoms with E-state index in [0.29, 0.717) is 10.6 Å². The Kier molecular flexibility index (Phi) is 3.68. The number of halogens is 1. The molecule has 0 aliphatic carbocycles. The topological polar surface area (TPSA) is 35.8 Å². The van der Waals surface area contributed by atoms with Crippen molar-refractivity contribution in [1.29, 1.82) is 5.26 Å². The van der Waals surface area contributed by atoms with Gasteiger partial charge in [0.05, 0.1) is 22.3 Å². The number of nitrogens with one attached hydrogen (secondary N) is 1. The van der Waals surface area contributed by atoms with Crippen molar-refractivity contribution in [2.24, 2.45) is 0 Å². The highest BCUT2D eigenvalue weighted by atomic mass is 35.5. The van der Waals surface area contributed by atoms with Crippen molar-refractivity contribution in [2.45, 2.75) is 13.0 Å². The number of hydrogen-bond acceptors (Lipinski definition) is 3. The molecule has 2 aromatic rings. The first-order chi connectivity index (χ1) is 8.22. The van der Waals surface area contributed by atoms with E-state index in [1.165, 1.54) is 4.88 Å². The van der Waals surface area contributed by atoms with Crippen LogP contribution in [-0.4, -0.2) is 0 Å². The second-order valence-corrected chi connectivity index (χ2v) is 5.04. The molecule has 2 nitrogen and oxygen atoms in total. The Balaban J connectivity index is 2.25. The Morgan fingerprint density at radius 2 is 2.18 bits per heavy atom. The van der Waals surface area contributed by atoms with Gasteiger partial charge in [-0.15, -0.1) is 11.3 Å². The molecule has 0 bridgehead atoms. The fourth-order valence-corrected chi connectivity index (χ4v) is 2.55. The van der Waals surface area contributed by atoms with Gasteiger partial charge in [-0.3, -0.25) is 0 Å². The lowest BCUT2D eigenvalue weighted by atomic mass is 10.1. The molecule has 0 radical (unpaired) electrons. The Bertz CT molecular complexity index is 543. The van der Waals surface area contributed by atoms with Gasteiger partial charge in [0.1, 0.15) is 6.07 Å². The van der Waals surface area contributed by atoms with Crippen LogP contribution in [0.1, 0.15) is 23.4 Å². The lowest BCUT2D eigenvalue weighted by Gasteiger charge is -2.15. The Morgan fingerprint density at radius 1 is 1.35 bits per heavy atom. The summed E-state index contributed by atoms with van der Waals surface area (Å²) in [6.07, 6.45) is 0. The van der Waals surface area contributed by atoms with Gasteiger partial charge in [0.15, 0.2) is 0 Å². The van der Waals surface area contributed by atoms with Crippen LogP contribution in [0.2, 0.25) is 5.02 Å². The predicted molar refractivity (Wildman–Crippen MR) is 72.5 cm³/mol. The summed E-state index contributed by atoms with van der Waals surface area (Å²) in [7, 11) is 0. The third kappa shape index (κ3) is 2.60. The van der Waals surface area contributed by atoms with Crippen LogP contribution in [0.3, 0.4) is 0 Å². The maximum absolute atomic E-state index is 9.07. The maximum atomic E-state index is 9.07. The molecule has 86 valence electrons. The minimum atomic E-state index is 0.167. The smallest absolute Gasteiger partial charge is 0.103 e. The molecule has 17 heavy (non-hydrogen) atoms. The third-order valence-electron chi connectivity index (χ3n) is 2.47. The Labute approximate surface area is 109 Å². The van der Waals surface area contributed by atoms with Crippen molar-refractivity contribution in [3.63, 3.8) is 0 Å². The first kappa shape index (κ1) is 12.0. The highest BCUT2D eigenvalue weighted by Gasteiger charge is 2.10. The summed E-state index contributed by atoms with van der Waals surface area (Å²) < 4.78 is 0. The van der Waals surface area contributed by atoms with Crippen LogP contribution in [-0.2, 0) is 0 Å². The third-order valence-corrected chi connectivity index (χ3v) is 3.84. The standard InChI is InChI=1S/C13H11ClN2S/c1-9(13-6-3-7-17-13)16-12-5-2-4-11(14)10(12)8-15/h2-7,9,16H,1H3. The molecule has 1 aromatic heterocycles. The minimum absolute atomic E-state index is 0.167. The SMILES string of the molecule is CC(Nc1cccc(Cl)c1C#N)c1cccs1. The van der Waals surface area contributed by atoms with E-state index in [2.05, 4.69) is 24.4 Å². The van der Waals surface area contributed by atoms with Gasteiger partial charge in [0.25, 0.3) is 0 Å². The van der Waals surface area contributed by atoms with E-state index in [9.17, 15) is 0 Å². The van der Waals surface area contributed by atoms with E-state index in [-0.39, 0.29) is 6.04 Å². The number of thiophene rings is 1. The zero-order valence-electron chi connectivity index (χ0n) is 9.27. The van der Waals surface area contributed by atoms with Crippen LogP contribution in [0.25, 0.3) is 0 Å². The maximum Gasteiger partial charge on any atom is 0.103 e. The fraction of sp³-hybridized carbons (Fsp3) is 0.154. The van der Waals surface area contributed by atoms with Gasteiger partial charge in [-0.05, 0) is 30.5 Å². The zero-order valence-corrected chi connectivity index (χ0v) is 10.8. The van der Waals surface area contributed by atoms with Crippen molar-refractivity contribution < 1.29 is 0 Å². The monoisotopic (exact) mass is 262 g/mol. The number of anilines is 1. The summed E-state index contributed by atoms with van der Waals surface area (Å²) in [6, 6.07) is 11.8. The molecule has 0 saturated carbocycles. The van der Waals surface area contributed by atoms with Gasteiger partial charge in [-0.1, -0.05) is 23.7 Å². The predicted octanol–water partition coefficient (Wildman–Crippen LogP) is 4.45. The molecule has 1 heterocycles. The van der Waals surface area contributed by atoms with Gasteiger partial charge < -0.3 is 5.32 Å². The van der Waals surface area contributed by atoms with E-state index in [1.54, 1.807) is 17.4 Å². The second-order valence-electron chi connectivity index (χ2n) is 3.66. The van der Waals surface area contributed by atoms with Crippen LogP contribution in [0.4, 0.5) is 5.69 Å². The average Bonchev–Trinajstić information content (AvgIpc) is 2.82. The van der Waals surface area contributed by atoms with Gasteiger partial charge in [0, 0.05) is 4.88 Å². The molecule has 1 aromatic carbocycles. The van der Waals surface area contributed by atoms with Gasteiger partial charge >= 0.3 is 0 Å². The zero-order chi connectivity index (χ0) is 12.3. The lowest BCUT2D eigenvalue weighted by molar-refractivity contribution is 0.907. The van der Waals surface area contributed by atoms with Crippen LogP contribution < -0.4 is 5.32 Å². The van der Waals surface area contributed by atoms with E-state index in [4.69, 9.17) is 16.9 Å². The molecule has 1 unspecified atom stereocenters. The number of rotatable bonds is 3. The normalized spacial score (nSPS) is 11.8. The van der Waals surface area contributed by atoms with Crippen molar-refractivity contribution in [2.75, 3.05) is 5.32 Å². The number of hydrogen-bond donors (Lipinski definition) is 1. The quantitative estimate of drug-likeness (QED) is 0.887. The summed E-state index contributed by atoms with van der Waals surface area (Å²) in [5.41, 5.74) is 1.28. The first-order valence-electron chi connectivity index (χ1n) is 5.21. The van der Waals surface area contributed by atoms with Gasteiger partial charge in [-0.25, -0.2) is 0 Å². The van der Waals surface area contributed by atoms with Crippen LogP contribution in [0, 0.1) is 11.3 Å². The number of nitrogens with zero attached hydrogens (tertiary/aromatic N) is 1. The molecule has 0 aliphatic rings. The molecule has 0 aliphatic heterocycles. The number of nitriles is 1. The molecular weight excluding hydrogens is 252 g/mol. The van der Waals surface area contributed by atoms with Crippen LogP contribution in [0.15, 0.2) is 35.7 Å². The number of benzene rings is 1. The van der Waals surface area contributed by atoms with Crippen molar-refractivity contribution in [3.05, 3.63) is 51.2 Å². The van der Waals surface area contributed by atoms with Crippen molar-refractivity contribution in [1.82, 2.24) is 0 Å². The first-order valence-corrected chi connectivity index (χ1v) is 6.46. The summed E-state index contributed by atoms with van der Waals surface area (Å²) in [5.74, 6) is 0. The summed E-state index contributed by atoms with van der Waals surface area (Å²) in [6.45, 7) is 2.06. The van der Waals surface area contributed by atoms with Crippen LogP contribution >= 0.6 is 22.9 Å². The lowest BCUT2D eigenvalue weighted by Crippen LogP contribution is -2.06. The van der Waals surface area contributed by atoms with Crippen LogP contribution in [0.5, 0.6) is 0 Å². The molecule has 2 rings (SSSR count). The average molecular weight is 263 g/mol. The minimum Gasteiger partial charge on any atom is -0.377 e. The van der Waals surface area contributed by atoms with Crippen molar-refractivity contribution >= 4 is 28.6 Å². The molecule has 0 amide bonds. The van der Waals surface area contributed by atoms with E-state index >= 15 is 0 Å². The van der Waals surface area contributed by atoms with Gasteiger partial charge in [-0.2, -0.15) is 5.26 Å². The highest BCUT2D eigenvalue weighted by molar-refractivity contribution is 7.10. The molecular formula is C13H11ClN2S. The molecule has 4 heteroatoms. The Morgan fingerprint density at radius 3 is 2.82 bits per heavy atom. The molecule has 0 spiro atoms. The molecule has 0 fully saturated rings. The summed E-state index contributed by atoms with van der Waals surface area (Å²) in [5, 5.41) is 14.9. The van der Waals surface area contributed by atoms with E-state index in [1.807, 2.05) is 23.6 Å². The van der Waals surface area contributed by atoms with Crippen molar-refractivity contribution in [3.8, 4) is 6.07 Å².